The van der Waals surface area contributed by atoms with Crippen LogP contribution in [0.15, 0.2) is 56.9 Å². The second-order valence-corrected chi connectivity index (χ2v) is 9.94. The quantitative estimate of drug-likeness (QED) is 0.110. The Morgan fingerprint density at radius 2 is 1.68 bits per heavy atom. The van der Waals surface area contributed by atoms with E-state index in [-0.39, 0.29) is 16.9 Å². The van der Waals surface area contributed by atoms with Gasteiger partial charge in [0.15, 0.2) is 18.0 Å². The molecule has 0 saturated carbocycles. The number of fused-ring (bicyclic) bond motifs is 1. The minimum absolute atomic E-state index is 0.0925. The topological polar surface area (TPSA) is 220 Å². The Kier molecular flexibility index (Phi) is 9.34. The summed E-state index contributed by atoms with van der Waals surface area (Å²) in [5, 5.41) is 17.7. The van der Waals surface area contributed by atoms with Crippen molar-refractivity contribution >= 4 is 32.9 Å². The number of anilines is 1. The number of imidazole rings is 1. The predicted octanol–water partition coefficient (Wildman–Crippen LogP) is 2.06. The Bertz CT molecular complexity index is 1740. The molecule has 0 amide bonds. The monoisotopic (exact) mass is 575 g/mol. The maximum Gasteiger partial charge on any atom is 0.341 e. The van der Waals surface area contributed by atoms with Crippen LogP contribution in [0.1, 0.15) is 26.7 Å². The second-order valence-electron chi connectivity index (χ2n) is 8.55. The lowest BCUT2D eigenvalue weighted by molar-refractivity contribution is -0.139. The van der Waals surface area contributed by atoms with Gasteiger partial charge in [0.05, 0.1) is 5.69 Å². The van der Waals surface area contributed by atoms with Gasteiger partial charge in [-0.3, -0.25) is 18.5 Å². The number of aryl methyl sites for hydroxylation is 1. The summed E-state index contributed by atoms with van der Waals surface area (Å²) in [6, 6.07) is 10.4. The molecule has 0 bridgehead atoms. The van der Waals surface area contributed by atoms with Crippen LogP contribution in [0.25, 0.3) is 22.6 Å². The number of rotatable bonds is 9. The SMILES string of the molecule is CCCn1c(=O)c2[nH]c(-c3ccc(OCC(=O)O)cc3)nc2n(CCC)c1=O.Nc1cccc(S(=O)(=O)O)c1O. The predicted molar refractivity (Wildman–Crippen MR) is 146 cm³/mol. The summed E-state index contributed by atoms with van der Waals surface area (Å²) in [5.41, 5.74) is 5.69. The number of nitrogens with one attached hydrogen (secondary N) is 1. The van der Waals surface area contributed by atoms with Gasteiger partial charge in [-0.05, 0) is 49.2 Å². The third-order valence-corrected chi connectivity index (χ3v) is 6.44. The zero-order chi connectivity index (χ0) is 29.6. The maximum atomic E-state index is 12.7. The molecule has 0 atom stereocenters. The fourth-order valence-corrected chi connectivity index (χ4v) is 4.36. The number of aromatic nitrogens is 4. The highest BCUT2D eigenvalue weighted by molar-refractivity contribution is 7.86. The van der Waals surface area contributed by atoms with E-state index in [0.717, 1.165) is 12.5 Å². The van der Waals surface area contributed by atoms with Gasteiger partial charge in [0.25, 0.3) is 15.7 Å². The third-order valence-electron chi connectivity index (χ3n) is 5.55. The van der Waals surface area contributed by atoms with Gasteiger partial charge in [-0.1, -0.05) is 19.9 Å². The van der Waals surface area contributed by atoms with Gasteiger partial charge in [-0.2, -0.15) is 8.42 Å². The molecule has 2 heterocycles. The fourth-order valence-electron chi connectivity index (χ4n) is 3.75. The average molecular weight is 576 g/mol. The molecule has 0 saturated heterocycles. The summed E-state index contributed by atoms with van der Waals surface area (Å²) >= 11 is 0. The first-order valence-electron chi connectivity index (χ1n) is 12.1. The first-order valence-corrected chi connectivity index (χ1v) is 13.6. The van der Waals surface area contributed by atoms with Crippen molar-refractivity contribution in [1.82, 2.24) is 19.1 Å². The summed E-state index contributed by atoms with van der Waals surface area (Å²) < 4.78 is 37.5. The standard InChI is InChI=1S/C19H22N4O5.C6H7NO4S/c1-3-9-22-17-15(18(26)23(10-4-2)19(22)27)20-16(21-17)12-5-7-13(8-6-12)28-11-14(24)25;7-4-2-1-3-5(6(4)8)12(9,10)11/h5-8H,3-4,9-11H2,1-2H3,(H,20,21)(H,24,25);1-3,8H,7H2,(H,9,10,11). The Hall–Kier alpha value is -4.63. The first kappa shape index (κ1) is 29.9. The van der Waals surface area contributed by atoms with Crippen molar-refractivity contribution in [2.45, 2.75) is 44.7 Å². The van der Waals surface area contributed by atoms with Gasteiger partial charge in [0.2, 0.25) is 0 Å². The van der Waals surface area contributed by atoms with E-state index in [1.54, 1.807) is 24.3 Å². The Morgan fingerprint density at radius 1 is 1.05 bits per heavy atom. The van der Waals surface area contributed by atoms with Crippen LogP contribution < -0.4 is 21.7 Å². The zero-order valence-electron chi connectivity index (χ0n) is 21.7. The highest BCUT2D eigenvalue weighted by Crippen LogP contribution is 2.28. The zero-order valence-corrected chi connectivity index (χ0v) is 22.5. The van der Waals surface area contributed by atoms with Crippen molar-refractivity contribution in [3.05, 3.63) is 63.3 Å². The van der Waals surface area contributed by atoms with Crippen molar-refractivity contribution in [1.29, 1.82) is 0 Å². The number of hydrogen-bond acceptors (Lipinski definition) is 9. The molecule has 2 aromatic carbocycles. The molecule has 0 radical (unpaired) electrons. The smallest absolute Gasteiger partial charge is 0.341 e. The van der Waals surface area contributed by atoms with E-state index in [9.17, 15) is 22.8 Å². The number of aromatic hydroxyl groups is 1. The van der Waals surface area contributed by atoms with E-state index in [1.165, 1.54) is 21.3 Å². The maximum absolute atomic E-state index is 12.7. The lowest BCUT2D eigenvalue weighted by Crippen LogP contribution is -2.40. The molecule has 2 aromatic heterocycles. The lowest BCUT2D eigenvalue weighted by Gasteiger charge is -2.09. The number of phenols is 1. The van der Waals surface area contributed by atoms with Crippen LogP contribution in [0.4, 0.5) is 5.69 Å². The molecular weight excluding hydrogens is 546 g/mol. The molecule has 0 aliphatic heterocycles. The van der Waals surface area contributed by atoms with Crippen molar-refractivity contribution in [2.75, 3.05) is 12.3 Å². The van der Waals surface area contributed by atoms with E-state index in [2.05, 4.69) is 9.97 Å². The number of nitrogen functional groups attached to an aromatic ring is 1. The molecule has 15 heteroatoms. The molecule has 4 aromatic rings. The number of nitrogens with two attached hydrogens (primary N) is 1. The average Bonchev–Trinajstić information content (AvgIpc) is 3.35. The van der Waals surface area contributed by atoms with Crippen molar-refractivity contribution < 1.29 is 32.7 Å². The summed E-state index contributed by atoms with van der Waals surface area (Å²) in [5.74, 6) is -0.815. The van der Waals surface area contributed by atoms with Gasteiger partial charge < -0.3 is 25.7 Å². The van der Waals surface area contributed by atoms with E-state index < -0.39 is 33.3 Å². The minimum atomic E-state index is -4.39. The number of nitrogens with zero attached hydrogens (tertiary/aromatic N) is 3. The Morgan fingerprint density at radius 3 is 2.23 bits per heavy atom. The van der Waals surface area contributed by atoms with Crippen molar-refractivity contribution in [3.8, 4) is 22.9 Å². The van der Waals surface area contributed by atoms with E-state index in [4.69, 9.17) is 25.2 Å². The lowest BCUT2D eigenvalue weighted by atomic mass is 10.2. The molecule has 4 rings (SSSR count). The largest absolute Gasteiger partial charge is 0.504 e. The fraction of sp³-hybridized carbons (Fsp3) is 0.280. The third kappa shape index (κ3) is 6.68. The van der Waals surface area contributed by atoms with Gasteiger partial charge in [0, 0.05) is 18.7 Å². The number of para-hydroxylation sites is 1. The number of carbonyl (C=O) groups is 1. The molecule has 0 spiro atoms. The molecule has 0 aliphatic carbocycles. The summed E-state index contributed by atoms with van der Waals surface area (Å²) in [7, 11) is -4.39. The molecule has 14 nitrogen and oxygen atoms in total. The number of aliphatic carboxylic acids is 1. The molecular formula is C25H29N5O9S. The molecule has 0 unspecified atom stereocenters. The summed E-state index contributed by atoms with van der Waals surface area (Å²) in [4.78, 5) is 43.0. The number of ether oxygens (including phenoxy) is 1. The number of carboxylic acid groups (broad SMARTS) is 1. The van der Waals surface area contributed by atoms with E-state index >= 15 is 0 Å². The van der Waals surface area contributed by atoms with E-state index in [1.807, 2.05) is 13.8 Å². The second kappa shape index (κ2) is 12.5. The van der Waals surface area contributed by atoms with Gasteiger partial charge in [-0.15, -0.1) is 0 Å². The highest BCUT2D eigenvalue weighted by Gasteiger charge is 2.18. The van der Waals surface area contributed by atoms with Crippen LogP contribution in [0, 0.1) is 0 Å². The summed E-state index contributed by atoms with van der Waals surface area (Å²) in [6.07, 6.45) is 1.41. The molecule has 0 fully saturated rings. The van der Waals surface area contributed by atoms with Gasteiger partial charge in [-0.25, -0.2) is 14.6 Å². The molecule has 40 heavy (non-hydrogen) atoms. The molecule has 214 valence electrons. The van der Waals surface area contributed by atoms with Crippen LogP contribution in [0.5, 0.6) is 11.5 Å². The first-order chi connectivity index (χ1) is 18.9. The molecule has 0 aliphatic rings. The number of aromatic amines is 1. The van der Waals surface area contributed by atoms with Crippen molar-refractivity contribution in [3.63, 3.8) is 0 Å². The number of carboxylic acids is 1. The van der Waals surface area contributed by atoms with Gasteiger partial charge in [0.1, 0.15) is 22.0 Å². The highest BCUT2D eigenvalue weighted by atomic mass is 32.2. The molecule has 6 N–H and O–H groups in total. The van der Waals surface area contributed by atoms with E-state index in [0.29, 0.717) is 47.8 Å². The number of phenolic OH excluding ortho intramolecular Hbond substituents is 1. The Labute approximate surface area is 228 Å². The minimum Gasteiger partial charge on any atom is -0.504 e. The number of hydrogen-bond donors (Lipinski definition) is 5. The van der Waals surface area contributed by atoms with Crippen LogP contribution >= 0.6 is 0 Å². The Balaban J connectivity index is 0.000000307. The van der Waals surface area contributed by atoms with Crippen molar-refractivity contribution in [2.24, 2.45) is 0 Å². The van der Waals surface area contributed by atoms with Crippen LogP contribution in [0.2, 0.25) is 0 Å². The van der Waals surface area contributed by atoms with Crippen LogP contribution in [-0.4, -0.2) is 54.9 Å². The van der Waals surface area contributed by atoms with Crippen LogP contribution in [-0.2, 0) is 28.0 Å². The number of benzene rings is 2. The van der Waals surface area contributed by atoms with Crippen LogP contribution in [0.3, 0.4) is 0 Å². The summed E-state index contributed by atoms with van der Waals surface area (Å²) in [6.45, 7) is 4.25. The normalized spacial score (nSPS) is 11.2. The van der Waals surface area contributed by atoms with Gasteiger partial charge >= 0.3 is 11.7 Å². The number of H-pyrrole nitrogens is 1.